The number of methoxy groups -OCH3 is 3. The molecule has 1 fully saturated rings. The number of aliphatic hydroxyl groups is 1. The van der Waals surface area contributed by atoms with E-state index in [1.54, 1.807) is 14.2 Å². The van der Waals surface area contributed by atoms with E-state index < -0.39 is 41.4 Å². The number of aromatic nitrogens is 2. The molecule has 0 unspecified atom stereocenters. The van der Waals surface area contributed by atoms with Gasteiger partial charge in [0.05, 0.1) is 34.0 Å². The lowest BCUT2D eigenvalue weighted by molar-refractivity contribution is -0.0994. The maximum atomic E-state index is 12.7. The SMILES string of the molecule is COCCO[C@H]1[C@H](O)[C@@H](COC(c2ccccc2)(c2ccc(OC)cc2)c2ccc(OC)cc2)O[C@H]1n1ccc(=O)[nH]c1=O. The van der Waals surface area contributed by atoms with Gasteiger partial charge in [-0.1, -0.05) is 54.6 Å². The average molecular weight is 605 g/mol. The molecule has 44 heavy (non-hydrogen) atoms. The van der Waals surface area contributed by atoms with E-state index >= 15 is 0 Å². The summed E-state index contributed by atoms with van der Waals surface area (Å²) in [6.45, 7) is 0.325. The van der Waals surface area contributed by atoms with Gasteiger partial charge in [0.15, 0.2) is 6.23 Å². The Morgan fingerprint density at radius 3 is 1.95 bits per heavy atom. The lowest BCUT2D eigenvalue weighted by atomic mass is 9.80. The molecule has 3 aromatic carbocycles. The molecule has 1 aliphatic rings. The fraction of sp³-hybridized carbons (Fsp3) is 0.333. The molecule has 4 aromatic rings. The van der Waals surface area contributed by atoms with Crippen LogP contribution in [0.1, 0.15) is 22.9 Å². The zero-order chi connectivity index (χ0) is 31.1. The second-order valence-corrected chi connectivity index (χ2v) is 10.2. The third kappa shape index (κ3) is 6.33. The van der Waals surface area contributed by atoms with Crippen molar-refractivity contribution >= 4 is 0 Å². The zero-order valence-electron chi connectivity index (χ0n) is 24.8. The van der Waals surface area contributed by atoms with Crippen molar-refractivity contribution in [3.05, 3.63) is 129 Å². The van der Waals surface area contributed by atoms with Gasteiger partial charge in [-0.15, -0.1) is 0 Å². The summed E-state index contributed by atoms with van der Waals surface area (Å²) in [4.78, 5) is 26.7. The van der Waals surface area contributed by atoms with Crippen LogP contribution in [0.3, 0.4) is 0 Å². The molecule has 11 heteroatoms. The van der Waals surface area contributed by atoms with Crippen LogP contribution in [0.15, 0.2) is 101 Å². The fourth-order valence-electron chi connectivity index (χ4n) is 5.44. The first-order valence-electron chi connectivity index (χ1n) is 14.2. The molecule has 0 amide bonds. The molecular formula is C33H36N2O9. The van der Waals surface area contributed by atoms with Gasteiger partial charge >= 0.3 is 5.69 Å². The van der Waals surface area contributed by atoms with Gasteiger partial charge in [-0.05, 0) is 41.0 Å². The highest BCUT2D eigenvalue weighted by Crippen LogP contribution is 2.43. The number of H-pyrrole nitrogens is 1. The van der Waals surface area contributed by atoms with Crippen LogP contribution in [-0.2, 0) is 24.5 Å². The third-order valence-corrected chi connectivity index (χ3v) is 7.67. The second kappa shape index (κ2) is 14.0. The van der Waals surface area contributed by atoms with Crippen LogP contribution >= 0.6 is 0 Å². The van der Waals surface area contributed by atoms with E-state index in [2.05, 4.69) is 4.98 Å². The number of hydrogen-bond acceptors (Lipinski definition) is 9. The molecule has 0 aliphatic carbocycles. The lowest BCUT2D eigenvalue weighted by Crippen LogP contribution is -2.41. The maximum absolute atomic E-state index is 12.7. The van der Waals surface area contributed by atoms with Gasteiger partial charge in [-0.25, -0.2) is 4.79 Å². The predicted molar refractivity (Wildman–Crippen MR) is 161 cm³/mol. The number of nitrogens with one attached hydrogen (secondary N) is 1. The van der Waals surface area contributed by atoms with Crippen LogP contribution in [0, 0.1) is 0 Å². The molecule has 5 rings (SSSR count). The van der Waals surface area contributed by atoms with Crippen molar-refractivity contribution in [2.24, 2.45) is 0 Å². The van der Waals surface area contributed by atoms with E-state index in [9.17, 15) is 14.7 Å². The Labute approximate surface area is 254 Å². The summed E-state index contributed by atoms with van der Waals surface area (Å²) in [6, 6.07) is 26.1. The number of benzene rings is 3. The molecule has 0 spiro atoms. The highest BCUT2D eigenvalue weighted by atomic mass is 16.6. The van der Waals surface area contributed by atoms with E-state index in [-0.39, 0.29) is 19.8 Å². The summed E-state index contributed by atoms with van der Waals surface area (Å²) >= 11 is 0. The van der Waals surface area contributed by atoms with E-state index in [0.717, 1.165) is 16.7 Å². The van der Waals surface area contributed by atoms with Crippen molar-refractivity contribution < 1.29 is 33.5 Å². The van der Waals surface area contributed by atoms with Gasteiger partial charge in [-0.3, -0.25) is 14.3 Å². The quantitative estimate of drug-likeness (QED) is 0.175. The Morgan fingerprint density at radius 2 is 1.41 bits per heavy atom. The van der Waals surface area contributed by atoms with Gasteiger partial charge in [0.25, 0.3) is 5.56 Å². The summed E-state index contributed by atoms with van der Waals surface area (Å²) < 4.78 is 36.2. The van der Waals surface area contributed by atoms with Gasteiger partial charge < -0.3 is 33.5 Å². The number of nitrogens with zero attached hydrogens (tertiary/aromatic N) is 1. The van der Waals surface area contributed by atoms with E-state index in [4.69, 9.17) is 28.4 Å². The highest BCUT2D eigenvalue weighted by molar-refractivity contribution is 5.49. The average Bonchev–Trinajstić information content (AvgIpc) is 3.36. The molecule has 1 aliphatic heterocycles. The van der Waals surface area contributed by atoms with Crippen LogP contribution < -0.4 is 20.7 Å². The van der Waals surface area contributed by atoms with Crippen molar-refractivity contribution in [3.8, 4) is 11.5 Å². The van der Waals surface area contributed by atoms with Gasteiger partial charge in [-0.2, -0.15) is 0 Å². The molecule has 0 radical (unpaired) electrons. The fourth-order valence-corrected chi connectivity index (χ4v) is 5.44. The minimum absolute atomic E-state index is 0.0904. The Hall–Kier alpha value is -4.26. The molecule has 2 N–H and O–H groups in total. The largest absolute Gasteiger partial charge is 0.497 e. The van der Waals surface area contributed by atoms with Crippen molar-refractivity contribution in [1.82, 2.24) is 9.55 Å². The molecule has 1 aromatic heterocycles. The minimum atomic E-state index is -1.18. The maximum Gasteiger partial charge on any atom is 0.330 e. The second-order valence-electron chi connectivity index (χ2n) is 10.2. The zero-order valence-corrected chi connectivity index (χ0v) is 24.8. The Morgan fingerprint density at radius 1 is 0.818 bits per heavy atom. The summed E-state index contributed by atoms with van der Waals surface area (Å²) in [5.41, 5.74) is 0.0678. The van der Waals surface area contributed by atoms with Crippen LogP contribution in [0.4, 0.5) is 0 Å². The first kappa shape index (κ1) is 31.2. The molecule has 0 saturated carbocycles. The number of hydrogen-bond donors (Lipinski definition) is 2. The number of aromatic amines is 1. The van der Waals surface area contributed by atoms with Crippen LogP contribution in [-0.4, -0.2) is 74.1 Å². The summed E-state index contributed by atoms with van der Waals surface area (Å²) in [6.07, 6.45) is -2.76. The predicted octanol–water partition coefficient (Wildman–Crippen LogP) is 2.85. The molecular weight excluding hydrogens is 568 g/mol. The van der Waals surface area contributed by atoms with Gasteiger partial charge in [0.2, 0.25) is 0 Å². The van der Waals surface area contributed by atoms with Gasteiger partial charge in [0, 0.05) is 19.4 Å². The smallest absolute Gasteiger partial charge is 0.330 e. The molecule has 2 heterocycles. The molecule has 1 saturated heterocycles. The van der Waals surface area contributed by atoms with Crippen molar-refractivity contribution in [2.75, 3.05) is 41.2 Å². The normalized spacial score (nSPS) is 20.0. The lowest BCUT2D eigenvalue weighted by Gasteiger charge is -2.37. The molecule has 4 atom stereocenters. The molecule has 0 bridgehead atoms. The standard InChI is InChI=1S/C33H36N2O9/c1-39-19-20-42-30-29(37)27(44-31(30)35-18-17-28(36)34-32(35)38)21-43-33(22-7-5-4-6-8-22,23-9-13-25(40-2)14-10-23)24-11-15-26(41-3)16-12-24/h4-18,27,29-31,37H,19-21H2,1-3H3,(H,34,36,38)/t27-,29-,30+,31-/m1/s1. The van der Waals surface area contributed by atoms with Crippen LogP contribution in [0.5, 0.6) is 11.5 Å². The van der Waals surface area contributed by atoms with E-state index in [0.29, 0.717) is 11.5 Å². The topological polar surface area (TPSA) is 130 Å². The summed E-state index contributed by atoms with van der Waals surface area (Å²) in [7, 11) is 4.74. The molecule has 11 nitrogen and oxygen atoms in total. The number of aliphatic hydroxyl groups excluding tert-OH is 1. The monoisotopic (exact) mass is 604 g/mol. The van der Waals surface area contributed by atoms with Crippen LogP contribution in [0.2, 0.25) is 0 Å². The number of rotatable bonds is 13. The van der Waals surface area contributed by atoms with Crippen LogP contribution in [0.25, 0.3) is 0 Å². The van der Waals surface area contributed by atoms with Gasteiger partial charge in [0.1, 0.15) is 35.4 Å². The molecule has 232 valence electrons. The van der Waals surface area contributed by atoms with Crippen molar-refractivity contribution in [1.29, 1.82) is 0 Å². The van der Waals surface area contributed by atoms with E-state index in [1.165, 1.54) is 23.9 Å². The summed E-state index contributed by atoms with van der Waals surface area (Å²) in [5.74, 6) is 1.37. The van der Waals surface area contributed by atoms with Crippen molar-refractivity contribution in [2.45, 2.75) is 30.1 Å². The first-order valence-corrected chi connectivity index (χ1v) is 14.2. The Bertz CT molecular complexity index is 1560. The van der Waals surface area contributed by atoms with E-state index in [1.807, 2.05) is 78.9 Å². The van der Waals surface area contributed by atoms with Crippen molar-refractivity contribution in [3.63, 3.8) is 0 Å². The third-order valence-electron chi connectivity index (χ3n) is 7.67. The summed E-state index contributed by atoms with van der Waals surface area (Å²) in [5, 5.41) is 11.5. The minimum Gasteiger partial charge on any atom is -0.497 e. The highest BCUT2D eigenvalue weighted by Gasteiger charge is 2.48. The first-order chi connectivity index (χ1) is 21.4. The Kier molecular flexibility index (Phi) is 9.93. The number of ether oxygens (including phenoxy) is 6. The Balaban J connectivity index is 1.55.